The zero-order chi connectivity index (χ0) is 26.0. The van der Waals surface area contributed by atoms with Gasteiger partial charge in [-0.1, -0.05) is 17.7 Å². The summed E-state index contributed by atoms with van der Waals surface area (Å²) in [6.07, 6.45) is -4.29. The van der Waals surface area contributed by atoms with Gasteiger partial charge in [-0.2, -0.15) is 13.2 Å². The average molecular weight is 526 g/mol. The van der Waals surface area contributed by atoms with Crippen LogP contribution in [0.25, 0.3) is 11.0 Å². The number of carboxylic acids is 1. The second kappa shape index (κ2) is 10.2. The van der Waals surface area contributed by atoms with Gasteiger partial charge in [0.05, 0.1) is 40.3 Å². The fraction of sp³-hybridized carbons (Fsp3) is 0.292. The van der Waals surface area contributed by atoms with Crippen LogP contribution >= 0.6 is 11.6 Å². The van der Waals surface area contributed by atoms with E-state index in [0.717, 1.165) is 18.2 Å². The molecule has 0 saturated heterocycles. The van der Waals surface area contributed by atoms with E-state index in [1.807, 2.05) is 0 Å². The molecule has 0 radical (unpaired) electrons. The molecule has 4 rings (SSSR count). The maximum absolute atomic E-state index is 13.7. The molecule has 1 fully saturated rings. The minimum Gasteiger partial charge on any atom is -0.491 e. The van der Waals surface area contributed by atoms with Gasteiger partial charge in [0.2, 0.25) is 0 Å². The number of hydrogen-bond donors (Lipinski definition) is 2. The molecule has 3 aromatic rings. The Hall–Kier alpha value is -3.57. The lowest BCUT2D eigenvalue weighted by molar-refractivity contribution is -0.151. The molecule has 1 aliphatic carbocycles. The third-order valence-corrected chi connectivity index (χ3v) is 5.92. The van der Waals surface area contributed by atoms with E-state index >= 15 is 0 Å². The number of halogens is 4. The summed E-state index contributed by atoms with van der Waals surface area (Å²) in [5.41, 5.74) is -2.36. The number of anilines is 1. The highest BCUT2D eigenvalue weighted by Crippen LogP contribution is 2.37. The van der Waals surface area contributed by atoms with Crippen LogP contribution in [-0.2, 0) is 15.7 Å². The van der Waals surface area contributed by atoms with Crippen LogP contribution in [-0.4, -0.2) is 36.3 Å². The fourth-order valence-electron chi connectivity index (χ4n) is 3.67. The molecule has 0 unspecified atom stereocenters. The summed E-state index contributed by atoms with van der Waals surface area (Å²) in [7, 11) is 0. The molecular weight excluding hydrogens is 507 g/mol. The number of carbonyl (C=O) groups excluding carboxylic acids is 1. The normalized spacial score (nSPS) is 17.4. The maximum Gasteiger partial charge on any atom is 0.418 e. The molecule has 8 nitrogen and oxygen atoms in total. The van der Waals surface area contributed by atoms with Crippen molar-refractivity contribution in [3.05, 3.63) is 69.0 Å². The van der Waals surface area contributed by atoms with E-state index in [1.54, 1.807) is 0 Å². The van der Waals surface area contributed by atoms with E-state index in [-0.39, 0.29) is 41.1 Å². The van der Waals surface area contributed by atoms with E-state index in [2.05, 4.69) is 5.32 Å². The molecule has 1 aromatic heterocycles. The van der Waals surface area contributed by atoms with Gasteiger partial charge in [-0.05, 0) is 43.2 Å². The number of alkyl halides is 3. The van der Waals surface area contributed by atoms with Gasteiger partial charge < -0.3 is 24.3 Å². The molecule has 36 heavy (non-hydrogen) atoms. The van der Waals surface area contributed by atoms with Crippen molar-refractivity contribution in [2.24, 2.45) is 5.92 Å². The molecule has 190 valence electrons. The molecule has 1 heterocycles. The van der Waals surface area contributed by atoms with Crippen LogP contribution < -0.4 is 15.5 Å². The number of nitrogens with one attached hydrogen (secondary N) is 1. The fourth-order valence-corrected chi connectivity index (χ4v) is 3.89. The molecule has 1 saturated carbocycles. The number of amides is 1. The topological polar surface area (TPSA) is 115 Å². The summed E-state index contributed by atoms with van der Waals surface area (Å²) < 4.78 is 57.2. The quantitative estimate of drug-likeness (QED) is 0.399. The highest BCUT2D eigenvalue weighted by atomic mass is 35.5. The van der Waals surface area contributed by atoms with Crippen molar-refractivity contribution in [1.82, 2.24) is 0 Å². The van der Waals surface area contributed by atoms with Crippen LogP contribution in [0.5, 0.6) is 5.75 Å². The van der Waals surface area contributed by atoms with E-state index in [4.69, 9.17) is 30.6 Å². The number of benzene rings is 2. The predicted molar refractivity (Wildman–Crippen MR) is 122 cm³/mol. The van der Waals surface area contributed by atoms with Gasteiger partial charge in [-0.25, -0.2) is 0 Å². The number of aliphatic carboxylic acids is 1. The van der Waals surface area contributed by atoms with E-state index in [0.29, 0.717) is 12.8 Å². The van der Waals surface area contributed by atoms with Crippen LogP contribution in [0.4, 0.5) is 18.9 Å². The molecule has 0 spiro atoms. The zero-order valence-electron chi connectivity index (χ0n) is 18.4. The van der Waals surface area contributed by atoms with Crippen LogP contribution in [0.3, 0.4) is 0 Å². The third-order valence-electron chi connectivity index (χ3n) is 5.62. The first-order valence-electron chi connectivity index (χ1n) is 10.7. The molecule has 0 atom stereocenters. The number of para-hydroxylation sites is 1. The van der Waals surface area contributed by atoms with E-state index in [1.165, 1.54) is 24.3 Å². The maximum atomic E-state index is 13.7. The number of ether oxygens (including phenoxy) is 2. The molecule has 2 aromatic carbocycles. The first kappa shape index (κ1) is 25.5. The molecule has 0 aliphatic heterocycles. The minimum atomic E-state index is -4.83. The van der Waals surface area contributed by atoms with Gasteiger partial charge in [-0.15, -0.1) is 0 Å². The third kappa shape index (κ3) is 5.63. The Morgan fingerprint density at radius 3 is 2.58 bits per heavy atom. The summed E-state index contributed by atoms with van der Waals surface area (Å²) in [5.74, 6) is -3.00. The zero-order valence-corrected chi connectivity index (χ0v) is 19.2. The Labute approximate surface area is 206 Å². The Morgan fingerprint density at radius 1 is 1.14 bits per heavy atom. The lowest BCUT2D eigenvalue weighted by Gasteiger charge is -2.31. The van der Waals surface area contributed by atoms with Gasteiger partial charge >= 0.3 is 12.1 Å². The largest absolute Gasteiger partial charge is 0.491 e. The highest BCUT2D eigenvalue weighted by Gasteiger charge is 2.36. The minimum absolute atomic E-state index is 0.0553. The summed E-state index contributed by atoms with van der Waals surface area (Å²) in [4.78, 5) is 35.7. The van der Waals surface area contributed by atoms with Crippen molar-refractivity contribution in [3.8, 4) is 5.75 Å². The van der Waals surface area contributed by atoms with Crippen LogP contribution in [0, 0.1) is 5.92 Å². The van der Waals surface area contributed by atoms with E-state index in [9.17, 15) is 27.6 Å². The number of rotatable bonds is 8. The number of fused-ring (bicyclic) bond motifs is 1. The standard InChI is InChI=1S/C24H19ClF3NO7/c25-17-3-1-2-15-19(30)11-20(36-21(15)17)22(31)29-18-5-4-13(10-16(18)24(26,27)28)34-6-7-35-14-8-12(9-14)23(32)33/h1-5,10-12,14H,6-9H2,(H,29,31)(H,32,33). The summed E-state index contributed by atoms with van der Waals surface area (Å²) >= 11 is 6.01. The van der Waals surface area contributed by atoms with Crippen molar-refractivity contribution < 1.29 is 41.8 Å². The second-order valence-electron chi connectivity index (χ2n) is 8.10. The summed E-state index contributed by atoms with van der Waals surface area (Å²) in [6, 6.07) is 8.27. The van der Waals surface area contributed by atoms with E-state index < -0.39 is 46.4 Å². The smallest absolute Gasteiger partial charge is 0.418 e. The van der Waals surface area contributed by atoms with Crippen molar-refractivity contribution in [2.75, 3.05) is 18.5 Å². The molecular formula is C24H19ClF3NO7. The number of carbonyl (C=O) groups is 2. The Kier molecular flexibility index (Phi) is 7.23. The van der Waals surface area contributed by atoms with Gasteiger partial charge in [-0.3, -0.25) is 14.4 Å². The molecule has 2 N–H and O–H groups in total. The molecule has 0 bridgehead atoms. The van der Waals surface area contributed by atoms with Crippen molar-refractivity contribution >= 4 is 40.1 Å². The van der Waals surface area contributed by atoms with Crippen molar-refractivity contribution in [1.29, 1.82) is 0 Å². The van der Waals surface area contributed by atoms with Crippen LogP contribution in [0.1, 0.15) is 29.0 Å². The number of carboxylic acid groups (broad SMARTS) is 1. The molecule has 1 amide bonds. The lowest BCUT2D eigenvalue weighted by atomic mass is 9.82. The Bertz CT molecular complexity index is 1370. The first-order valence-corrected chi connectivity index (χ1v) is 11.1. The van der Waals surface area contributed by atoms with Gasteiger partial charge in [0.25, 0.3) is 5.91 Å². The Balaban J connectivity index is 1.44. The SMILES string of the molecule is O=C(Nc1ccc(OCCOC2CC(C(=O)O)C2)cc1C(F)(F)F)c1cc(=O)c2cccc(Cl)c2o1. The second-order valence-corrected chi connectivity index (χ2v) is 8.51. The van der Waals surface area contributed by atoms with Crippen molar-refractivity contribution in [3.63, 3.8) is 0 Å². The van der Waals surface area contributed by atoms with Crippen LogP contribution in [0.15, 0.2) is 51.7 Å². The monoisotopic (exact) mass is 525 g/mol. The average Bonchev–Trinajstić information content (AvgIpc) is 2.78. The Morgan fingerprint density at radius 2 is 1.89 bits per heavy atom. The summed E-state index contributed by atoms with van der Waals surface area (Å²) in [6.45, 7) is 0.0145. The summed E-state index contributed by atoms with van der Waals surface area (Å²) in [5, 5.41) is 11.2. The molecule has 12 heteroatoms. The van der Waals surface area contributed by atoms with Gasteiger partial charge in [0.15, 0.2) is 16.8 Å². The lowest BCUT2D eigenvalue weighted by Crippen LogP contribution is -2.37. The van der Waals surface area contributed by atoms with Crippen LogP contribution in [0.2, 0.25) is 5.02 Å². The van der Waals surface area contributed by atoms with Gasteiger partial charge in [0.1, 0.15) is 12.4 Å². The highest BCUT2D eigenvalue weighted by molar-refractivity contribution is 6.34. The van der Waals surface area contributed by atoms with Gasteiger partial charge in [0, 0.05) is 6.07 Å². The first-order chi connectivity index (χ1) is 17.0. The number of hydrogen-bond acceptors (Lipinski definition) is 6. The predicted octanol–water partition coefficient (Wildman–Crippen LogP) is 4.98. The van der Waals surface area contributed by atoms with Crippen molar-refractivity contribution in [2.45, 2.75) is 25.1 Å². The molecule has 1 aliphatic rings.